The molecule has 3 aromatic rings. The summed E-state index contributed by atoms with van der Waals surface area (Å²) in [5, 5.41) is 9.72. The van der Waals surface area contributed by atoms with Crippen molar-refractivity contribution in [2.75, 3.05) is 43.9 Å². The third-order valence-electron chi connectivity index (χ3n) is 6.94. The van der Waals surface area contributed by atoms with E-state index in [1.807, 2.05) is 6.07 Å². The number of nitrogens with zero attached hydrogens (tertiary/aromatic N) is 3. The van der Waals surface area contributed by atoms with E-state index in [4.69, 9.17) is 10.5 Å². The van der Waals surface area contributed by atoms with Crippen molar-refractivity contribution in [3.05, 3.63) is 35.9 Å². The van der Waals surface area contributed by atoms with E-state index in [0.29, 0.717) is 28.1 Å². The summed E-state index contributed by atoms with van der Waals surface area (Å²) in [6.45, 7) is 4.38. The summed E-state index contributed by atoms with van der Waals surface area (Å²) in [6, 6.07) is 9.44. The number of amides is 1. The van der Waals surface area contributed by atoms with Crippen LogP contribution in [0.15, 0.2) is 30.3 Å². The van der Waals surface area contributed by atoms with Crippen molar-refractivity contribution in [2.45, 2.75) is 38.1 Å². The lowest BCUT2D eigenvalue weighted by molar-refractivity contribution is -0.188. The summed E-state index contributed by atoms with van der Waals surface area (Å²) in [6.07, 6.45) is -4.07. The number of fused-ring (bicyclic) bond motifs is 1. The van der Waals surface area contributed by atoms with E-state index in [-0.39, 0.29) is 17.5 Å². The van der Waals surface area contributed by atoms with Gasteiger partial charge in [-0.25, -0.2) is 0 Å². The van der Waals surface area contributed by atoms with Gasteiger partial charge in [0, 0.05) is 39.3 Å². The Hall–Kier alpha value is -3.47. The van der Waals surface area contributed by atoms with Crippen LogP contribution in [0.5, 0.6) is 5.75 Å². The lowest BCUT2D eigenvalue weighted by atomic mass is 9.99. The molecule has 11 heteroatoms. The number of aromatic nitrogens is 2. The van der Waals surface area contributed by atoms with Gasteiger partial charge in [-0.1, -0.05) is 6.07 Å². The number of nitrogens with two attached hydrogens (primary N) is 1. The van der Waals surface area contributed by atoms with Crippen LogP contribution in [0, 0.1) is 0 Å². The van der Waals surface area contributed by atoms with Crippen molar-refractivity contribution in [2.24, 2.45) is 0 Å². The van der Waals surface area contributed by atoms with E-state index < -0.39 is 12.3 Å². The molecule has 1 unspecified atom stereocenters. The van der Waals surface area contributed by atoms with Gasteiger partial charge in [-0.15, -0.1) is 0 Å². The summed E-state index contributed by atoms with van der Waals surface area (Å²) >= 11 is 0. The second-order valence-electron chi connectivity index (χ2n) is 9.37. The number of piperazine rings is 1. The Morgan fingerprint density at radius 2 is 1.89 bits per heavy atom. The minimum atomic E-state index is -4.54. The number of aromatic amines is 1. The molecule has 1 aliphatic heterocycles. The molecule has 2 aliphatic rings. The van der Waals surface area contributed by atoms with Crippen LogP contribution in [0.2, 0.25) is 0 Å². The van der Waals surface area contributed by atoms with Gasteiger partial charge in [0.05, 0.1) is 22.2 Å². The highest BCUT2D eigenvalue weighted by molar-refractivity contribution is 6.01. The first-order valence-electron chi connectivity index (χ1n) is 12.0. The smallest absolute Gasteiger partial charge is 0.425 e. The van der Waals surface area contributed by atoms with Gasteiger partial charge in [0.25, 0.3) is 5.91 Å². The lowest BCUT2D eigenvalue weighted by Gasteiger charge is -2.37. The molecular weight excluding hydrogens is 473 g/mol. The molecule has 1 saturated heterocycles. The quantitative estimate of drug-likeness (QED) is 0.475. The van der Waals surface area contributed by atoms with Gasteiger partial charge in [0.2, 0.25) is 0 Å². The number of ether oxygens (including phenoxy) is 1. The van der Waals surface area contributed by atoms with Gasteiger partial charge in [-0.05, 0) is 55.2 Å². The fraction of sp³-hybridized carbons (Fsp3) is 0.440. The number of nitrogen functional groups attached to an aromatic ring is 1. The van der Waals surface area contributed by atoms with Crippen LogP contribution in [0.4, 0.5) is 24.7 Å². The maximum Gasteiger partial charge on any atom is 0.425 e. The van der Waals surface area contributed by atoms with Crippen molar-refractivity contribution >= 4 is 28.3 Å². The Bertz CT molecular complexity index is 1280. The number of nitrogens with one attached hydrogen (secondary N) is 2. The molecule has 5 rings (SSSR count). The molecular formula is C25H29F3N6O2. The number of carbonyl (C=O) groups excluding carboxylic acids is 1. The van der Waals surface area contributed by atoms with Crippen LogP contribution >= 0.6 is 0 Å². The molecule has 1 aromatic heterocycles. The summed E-state index contributed by atoms with van der Waals surface area (Å²) in [5.41, 5.74) is 9.08. The number of benzene rings is 2. The van der Waals surface area contributed by atoms with E-state index in [9.17, 15) is 18.0 Å². The highest BCUT2D eigenvalue weighted by Crippen LogP contribution is 2.38. The van der Waals surface area contributed by atoms with Gasteiger partial charge in [-0.3, -0.25) is 14.8 Å². The first kappa shape index (κ1) is 24.2. The summed E-state index contributed by atoms with van der Waals surface area (Å²) in [4.78, 5) is 17.3. The van der Waals surface area contributed by atoms with Crippen LogP contribution in [-0.2, 0) is 0 Å². The molecule has 1 amide bonds. The maximum absolute atomic E-state index is 13.3. The van der Waals surface area contributed by atoms with Crippen molar-refractivity contribution in [1.82, 2.24) is 20.4 Å². The molecule has 8 nitrogen and oxygen atoms in total. The molecule has 2 fully saturated rings. The molecule has 1 aliphatic carbocycles. The van der Waals surface area contributed by atoms with Crippen LogP contribution in [0.3, 0.4) is 0 Å². The van der Waals surface area contributed by atoms with Gasteiger partial charge in [-0.2, -0.15) is 18.3 Å². The van der Waals surface area contributed by atoms with Gasteiger partial charge >= 0.3 is 6.18 Å². The van der Waals surface area contributed by atoms with Crippen LogP contribution in [0.25, 0.3) is 22.0 Å². The largest absolute Gasteiger partial charge is 0.480 e. The van der Waals surface area contributed by atoms with Gasteiger partial charge in [0.15, 0.2) is 11.9 Å². The Kier molecular flexibility index (Phi) is 6.19. The number of hydrogen-bond donors (Lipinski definition) is 3. The molecule has 0 bridgehead atoms. The standard InChI is InChI=1S/C25H29F3N6O2/c1-14(25(26,27)28)36-21-13-16(11-19-22(21)23(29)32-31-19)15-3-6-18(24(35)30-2)20(12-15)34-9-7-33(8-10-34)17-4-5-17/h3,6,11-14,17H,4-5,7-10H2,1-2H3,(H,30,35)(H3,29,31,32). The average Bonchev–Trinajstić information content (AvgIpc) is 3.65. The van der Waals surface area contributed by atoms with Crippen molar-refractivity contribution in [1.29, 1.82) is 0 Å². The third-order valence-corrected chi connectivity index (χ3v) is 6.94. The number of hydrogen-bond acceptors (Lipinski definition) is 6. The maximum atomic E-state index is 13.3. The van der Waals surface area contributed by atoms with Gasteiger partial charge < -0.3 is 20.7 Å². The third kappa shape index (κ3) is 4.67. The molecule has 0 radical (unpaired) electrons. The Morgan fingerprint density at radius 1 is 1.17 bits per heavy atom. The number of anilines is 2. The number of alkyl halides is 3. The Balaban J connectivity index is 1.53. The summed E-state index contributed by atoms with van der Waals surface area (Å²) in [5.74, 6) is -0.139. The SMILES string of the molecule is CNC(=O)c1ccc(-c2cc(OC(C)C(F)(F)F)c3c(N)n[nH]c3c2)cc1N1CCN(C2CC2)CC1. The van der Waals surface area contributed by atoms with Crippen molar-refractivity contribution in [3.8, 4) is 16.9 Å². The second-order valence-corrected chi connectivity index (χ2v) is 9.37. The highest BCUT2D eigenvalue weighted by Gasteiger charge is 2.38. The molecule has 36 heavy (non-hydrogen) atoms. The van der Waals surface area contributed by atoms with E-state index in [2.05, 4.69) is 25.3 Å². The van der Waals surface area contributed by atoms with Crippen molar-refractivity contribution < 1.29 is 22.7 Å². The number of rotatable bonds is 6. The molecule has 2 aromatic carbocycles. The van der Waals surface area contributed by atoms with Gasteiger partial charge in [0.1, 0.15) is 5.75 Å². The number of carbonyl (C=O) groups is 1. The molecule has 2 heterocycles. The molecule has 192 valence electrons. The van der Waals surface area contributed by atoms with E-state index in [0.717, 1.165) is 44.4 Å². The number of H-pyrrole nitrogens is 1. The van der Waals surface area contributed by atoms with E-state index in [1.165, 1.54) is 12.8 Å². The Labute approximate surface area is 206 Å². The van der Waals surface area contributed by atoms with Crippen molar-refractivity contribution in [3.63, 3.8) is 0 Å². The van der Waals surface area contributed by atoms with Crippen LogP contribution < -0.4 is 20.7 Å². The topological polar surface area (TPSA) is 99.5 Å². The van der Waals surface area contributed by atoms with E-state index >= 15 is 0 Å². The molecule has 1 atom stereocenters. The zero-order valence-corrected chi connectivity index (χ0v) is 20.2. The fourth-order valence-corrected chi connectivity index (χ4v) is 4.73. The normalized spacial score (nSPS) is 17.9. The predicted molar refractivity (Wildman–Crippen MR) is 132 cm³/mol. The second kappa shape index (κ2) is 9.20. The lowest BCUT2D eigenvalue weighted by Crippen LogP contribution is -2.47. The predicted octanol–water partition coefficient (Wildman–Crippen LogP) is 3.79. The monoisotopic (exact) mass is 502 g/mol. The average molecular weight is 503 g/mol. The minimum Gasteiger partial charge on any atom is -0.480 e. The minimum absolute atomic E-state index is 0.00597. The molecule has 0 spiro atoms. The Morgan fingerprint density at radius 3 is 2.53 bits per heavy atom. The fourth-order valence-electron chi connectivity index (χ4n) is 4.73. The zero-order valence-electron chi connectivity index (χ0n) is 20.2. The summed E-state index contributed by atoms with van der Waals surface area (Å²) in [7, 11) is 1.59. The first-order valence-corrected chi connectivity index (χ1v) is 12.0. The first-order chi connectivity index (χ1) is 17.2. The summed E-state index contributed by atoms with van der Waals surface area (Å²) < 4.78 is 45.1. The molecule has 1 saturated carbocycles. The van der Waals surface area contributed by atoms with Crippen LogP contribution in [-0.4, -0.2) is 72.6 Å². The van der Waals surface area contributed by atoms with Crippen LogP contribution in [0.1, 0.15) is 30.1 Å². The van der Waals surface area contributed by atoms with E-state index in [1.54, 1.807) is 31.3 Å². The zero-order chi connectivity index (χ0) is 25.6. The molecule has 4 N–H and O–H groups in total. The highest BCUT2D eigenvalue weighted by atomic mass is 19.4. The number of halogens is 3.